The molecule has 8 nitrogen and oxygen atoms in total. The number of aromatic nitrogens is 1. The van der Waals surface area contributed by atoms with Crippen molar-refractivity contribution in [1.29, 1.82) is 0 Å². The number of H-pyrrole nitrogens is 1. The third kappa shape index (κ3) is 2.72. The number of methoxy groups -OCH3 is 1. The van der Waals surface area contributed by atoms with E-state index in [1.165, 1.54) is 4.31 Å². The van der Waals surface area contributed by atoms with Gasteiger partial charge in [-0.25, -0.2) is 8.42 Å². The van der Waals surface area contributed by atoms with E-state index in [1.54, 1.807) is 12.0 Å². The second kappa shape index (κ2) is 6.47. The van der Waals surface area contributed by atoms with Crippen molar-refractivity contribution in [3.8, 4) is 5.75 Å². The second-order valence-electron chi connectivity index (χ2n) is 7.72. The molecule has 0 aliphatic carbocycles. The lowest BCUT2D eigenvalue weighted by atomic mass is 9.69. The van der Waals surface area contributed by atoms with Gasteiger partial charge in [-0.15, -0.1) is 0 Å². The standard InChI is InChI=1S/C19H25N3O5S/c1-4-16(24)21-9-19(10-21)11-22(28(3,25)26)15(8-23)18-17(19)13-6-5-12(27-2)7-14(13)20-18/h5-7,15,20,23H,4,8-11H2,1-3H3/t15-/m0/s1. The van der Waals surface area contributed by atoms with Crippen molar-refractivity contribution in [3.05, 3.63) is 29.5 Å². The summed E-state index contributed by atoms with van der Waals surface area (Å²) in [7, 11) is -1.95. The first-order valence-corrected chi connectivity index (χ1v) is 11.1. The van der Waals surface area contributed by atoms with Gasteiger partial charge < -0.3 is 19.7 Å². The molecule has 3 heterocycles. The molecule has 2 N–H and O–H groups in total. The van der Waals surface area contributed by atoms with Crippen LogP contribution in [0.15, 0.2) is 18.2 Å². The van der Waals surface area contributed by atoms with Crippen LogP contribution in [0.25, 0.3) is 10.9 Å². The Balaban J connectivity index is 1.90. The lowest BCUT2D eigenvalue weighted by Crippen LogP contribution is -2.68. The molecule has 4 rings (SSSR count). The van der Waals surface area contributed by atoms with E-state index in [-0.39, 0.29) is 19.1 Å². The lowest BCUT2D eigenvalue weighted by Gasteiger charge is -2.55. The first-order chi connectivity index (χ1) is 13.2. The van der Waals surface area contributed by atoms with Gasteiger partial charge in [0.1, 0.15) is 5.75 Å². The number of hydrogen-bond acceptors (Lipinski definition) is 5. The first-order valence-electron chi connectivity index (χ1n) is 9.29. The van der Waals surface area contributed by atoms with Crippen molar-refractivity contribution < 1.29 is 23.1 Å². The smallest absolute Gasteiger partial charge is 0.222 e. The summed E-state index contributed by atoms with van der Waals surface area (Å²) in [5, 5.41) is 11.0. The van der Waals surface area contributed by atoms with Gasteiger partial charge in [0.05, 0.1) is 26.0 Å². The van der Waals surface area contributed by atoms with Crippen LogP contribution in [0, 0.1) is 0 Å². The molecule has 1 spiro atoms. The van der Waals surface area contributed by atoms with Crippen molar-refractivity contribution in [1.82, 2.24) is 14.2 Å². The fourth-order valence-corrected chi connectivity index (χ4v) is 5.77. The first kappa shape index (κ1) is 19.2. The summed E-state index contributed by atoms with van der Waals surface area (Å²) in [5.74, 6) is 0.751. The van der Waals surface area contributed by atoms with Crippen molar-refractivity contribution in [2.45, 2.75) is 24.8 Å². The largest absolute Gasteiger partial charge is 0.497 e. The number of rotatable bonds is 4. The van der Waals surface area contributed by atoms with Gasteiger partial charge in [0.25, 0.3) is 0 Å². The summed E-state index contributed by atoms with van der Waals surface area (Å²) in [5.41, 5.74) is 2.05. The minimum absolute atomic E-state index is 0.0591. The Hall–Kier alpha value is -2.10. The number of amides is 1. The predicted octanol–water partition coefficient (Wildman–Crippen LogP) is 0.975. The highest BCUT2D eigenvalue weighted by atomic mass is 32.2. The van der Waals surface area contributed by atoms with Crippen LogP contribution in [-0.4, -0.2) is 73.2 Å². The van der Waals surface area contributed by atoms with Crippen molar-refractivity contribution >= 4 is 26.8 Å². The third-order valence-electron chi connectivity index (χ3n) is 5.95. The Morgan fingerprint density at radius 1 is 1.36 bits per heavy atom. The number of benzene rings is 1. The molecule has 0 radical (unpaired) electrons. The maximum atomic E-state index is 12.5. The summed E-state index contributed by atoms with van der Waals surface area (Å²) in [6.07, 6.45) is 1.58. The highest BCUT2D eigenvalue weighted by Crippen LogP contribution is 2.49. The SMILES string of the molecule is CCC(=O)N1CC2(C1)CN(S(C)(=O)=O)[C@@H](CO)c1[nH]c3cc(OC)ccc3c12. The quantitative estimate of drug-likeness (QED) is 0.786. The Kier molecular flexibility index (Phi) is 4.44. The number of hydrogen-bond donors (Lipinski definition) is 2. The van der Waals surface area contributed by atoms with Gasteiger partial charge in [-0.1, -0.05) is 6.92 Å². The average molecular weight is 407 g/mol. The fraction of sp³-hybridized carbons (Fsp3) is 0.526. The van der Waals surface area contributed by atoms with E-state index in [0.717, 1.165) is 22.7 Å². The van der Waals surface area contributed by atoms with E-state index in [9.17, 15) is 18.3 Å². The van der Waals surface area contributed by atoms with E-state index in [2.05, 4.69) is 4.98 Å². The molecule has 1 atom stereocenters. The van der Waals surface area contributed by atoms with Gasteiger partial charge in [0.2, 0.25) is 15.9 Å². The highest BCUT2D eigenvalue weighted by molar-refractivity contribution is 7.88. The number of carbonyl (C=O) groups is 1. The molecule has 2 aliphatic rings. The maximum Gasteiger partial charge on any atom is 0.222 e. The number of nitrogens with one attached hydrogen (secondary N) is 1. The number of aliphatic hydroxyl groups excluding tert-OH is 1. The molecule has 28 heavy (non-hydrogen) atoms. The zero-order valence-electron chi connectivity index (χ0n) is 16.2. The van der Waals surface area contributed by atoms with Gasteiger partial charge in [0, 0.05) is 54.1 Å². The van der Waals surface area contributed by atoms with Crippen LogP contribution in [0.3, 0.4) is 0 Å². The van der Waals surface area contributed by atoms with E-state index in [0.29, 0.717) is 31.0 Å². The number of fused-ring (bicyclic) bond motifs is 4. The van der Waals surface area contributed by atoms with Crippen molar-refractivity contribution in [3.63, 3.8) is 0 Å². The average Bonchev–Trinajstić information content (AvgIpc) is 3.02. The summed E-state index contributed by atoms with van der Waals surface area (Å²) in [6.45, 7) is 2.68. The van der Waals surface area contributed by atoms with Gasteiger partial charge in [0.15, 0.2) is 0 Å². The van der Waals surface area contributed by atoms with Crippen LogP contribution < -0.4 is 4.74 Å². The second-order valence-corrected chi connectivity index (χ2v) is 9.65. The Bertz CT molecular complexity index is 1040. The molecule has 0 saturated carbocycles. The molecular weight excluding hydrogens is 382 g/mol. The molecule has 1 aromatic carbocycles. The molecule has 1 fully saturated rings. The maximum absolute atomic E-state index is 12.5. The summed E-state index contributed by atoms with van der Waals surface area (Å²) < 4.78 is 31.6. The highest BCUT2D eigenvalue weighted by Gasteiger charge is 2.55. The third-order valence-corrected chi connectivity index (χ3v) is 7.18. The molecule has 2 aromatic rings. The number of carbonyl (C=O) groups excluding carboxylic acids is 1. The monoisotopic (exact) mass is 407 g/mol. The zero-order valence-corrected chi connectivity index (χ0v) is 17.0. The van der Waals surface area contributed by atoms with E-state index >= 15 is 0 Å². The van der Waals surface area contributed by atoms with Crippen LogP contribution >= 0.6 is 0 Å². The number of likely N-dealkylation sites (tertiary alicyclic amines) is 1. The fourth-order valence-electron chi connectivity index (χ4n) is 4.65. The molecule has 0 unspecified atom stereocenters. The van der Waals surface area contributed by atoms with Crippen molar-refractivity contribution in [2.24, 2.45) is 0 Å². The van der Waals surface area contributed by atoms with Crippen LogP contribution in [0.5, 0.6) is 5.75 Å². The van der Waals surface area contributed by atoms with Gasteiger partial charge in [-0.05, 0) is 17.7 Å². The molecule has 0 bridgehead atoms. The Labute approximate surface area is 164 Å². The molecule has 1 saturated heterocycles. The summed E-state index contributed by atoms with van der Waals surface area (Å²) >= 11 is 0. The minimum atomic E-state index is -3.55. The van der Waals surface area contributed by atoms with Crippen LogP contribution in [0.4, 0.5) is 0 Å². The number of aromatic amines is 1. The number of ether oxygens (including phenoxy) is 1. The topological polar surface area (TPSA) is 103 Å². The number of nitrogens with zero attached hydrogens (tertiary/aromatic N) is 2. The van der Waals surface area contributed by atoms with Gasteiger partial charge in [-0.2, -0.15) is 4.31 Å². The van der Waals surface area contributed by atoms with E-state index < -0.39 is 21.5 Å². The molecule has 1 amide bonds. The lowest BCUT2D eigenvalue weighted by molar-refractivity contribution is -0.139. The molecule has 1 aromatic heterocycles. The molecular formula is C19H25N3O5S. The van der Waals surface area contributed by atoms with Crippen LogP contribution in [-0.2, 0) is 20.2 Å². The number of aliphatic hydroxyl groups is 1. The van der Waals surface area contributed by atoms with E-state index in [4.69, 9.17) is 4.74 Å². The van der Waals surface area contributed by atoms with Crippen LogP contribution in [0.2, 0.25) is 0 Å². The van der Waals surface area contributed by atoms with Crippen molar-refractivity contribution in [2.75, 3.05) is 39.6 Å². The summed E-state index contributed by atoms with van der Waals surface area (Å²) in [6, 6.07) is 5.02. The molecule has 2 aliphatic heterocycles. The van der Waals surface area contributed by atoms with Gasteiger partial charge >= 0.3 is 0 Å². The van der Waals surface area contributed by atoms with Crippen LogP contribution in [0.1, 0.15) is 30.6 Å². The zero-order chi connectivity index (χ0) is 20.3. The normalized spacial score (nSPS) is 21.6. The minimum Gasteiger partial charge on any atom is -0.497 e. The molecule has 152 valence electrons. The predicted molar refractivity (Wildman–Crippen MR) is 105 cm³/mol. The van der Waals surface area contributed by atoms with E-state index in [1.807, 2.05) is 25.1 Å². The Morgan fingerprint density at radius 3 is 2.64 bits per heavy atom. The number of sulfonamides is 1. The summed E-state index contributed by atoms with van der Waals surface area (Å²) in [4.78, 5) is 17.2. The Morgan fingerprint density at radius 2 is 2.07 bits per heavy atom. The van der Waals surface area contributed by atoms with Gasteiger partial charge in [-0.3, -0.25) is 4.79 Å². The molecule has 9 heteroatoms.